The van der Waals surface area contributed by atoms with Crippen molar-refractivity contribution in [3.63, 3.8) is 0 Å². The number of ether oxygens (including phenoxy) is 4. The molecule has 0 amide bonds. The molecule has 0 bridgehead atoms. The first-order valence-electron chi connectivity index (χ1n) is 8.64. The first-order valence-corrected chi connectivity index (χ1v) is 8.64. The van der Waals surface area contributed by atoms with Crippen molar-refractivity contribution in [2.24, 2.45) is 0 Å². The number of methoxy groups -OCH3 is 2. The van der Waals surface area contributed by atoms with Crippen molar-refractivity contribution in [2.45, 2.75) is 33.1 Å². The van der Waals surface area contributed by atoms with Crippen molar-refractivity contribution in [1.29, 1.82) is 0 Å². The Bertz CT molecular complexity index is 643. The Morgan fingerprint density at radius 1 is 0.885 bits per heavy atom. The standard InChI is InChI=1S/C20H28NO4.BrH/c1-5-24-20(25-6-2)17-10-13-21(14-11-17)12-9-16-7-8-18(22-3)19(15-16)23-4;/h7-8,10-11,13-15,20H,5-6,9,12H2,1-4H3;1H/q+1;/p-1. The van der Waals surface area contributed by atoms with E-state index in [2.05, 4.69) is 23.0 Å². The van der Waals surface area contributed by atoms with Crippen LogP contribution in [0.3, 0.4) is 0 Å². The van der Waals surface area contributed by atoms with E-state index in [-0.39, 0.29) is 23.3 Å². The summed E-state index contributed by atoms with van der Waals surface area (Å²) in [5.74, 6) is 1.51. The van der Waals surface area contributed by atoms with Crippen molar-refractivity contribution in [3.8, 4) is 11.5 Å². The molecule has 1 heterocycles. The van der Waals surface area contributed by atoms with Crippen LogP contribution in [-0.2, 0) is 22.4 Å². The molecule has 0 aliphatic heterocycles. The highest BCUT2D eigenvalue weighted by molar-refractivity contribution is 5.42. The Balaban J connectivity index is 0.00000338. The number of hydrogen-bond donors (Lipinski definition) is 0. The van der Waals surface area contributed by atoms with Crippen LogP contribution in [0.2, 0.25) is 0 Å². The minimum atomic E-state index is -0.296. The summed E-state index contributed by atoms with van der Waals surface area (Å²) in [5, 5.41) is 0. The molecule has 0 fully saturated rings. The minimum absolute atomic E-state index is 0. The molecule has 0 aliphatic rings. The van der Waals surface area contributed by atoms with Gasteiger partial charge in [0.1, 0.15) is 0 Å². The van der Waals surface area contributed by atoms with Crippen molar-refractivity contribution in [2.75, 3.05) is 27.4 Å². The second-order valence-corrected chi connectivity index (χ2v) is 5.55. The average molecular weight is 426 g/mol. The van der Waals surface area contributed by atoms with Gasteiger partial charge >= 0.3 is 0 Å². The molecule has 144 valence electrons. The number of hydrogen-bond acceptors (Lipinski definition) is 4. The molecule has 0 N–H and O–H groups in total. The van der Waals surface area contributed by atoms with Gasteiger partial charge in [-0.1, -0.05) is 6.07 Å². The maximum atomic E-state index is 5.63. The summed E-state index contributed by atoms with van der Waals surface area (Å²) in [4.78, 5) is 0. The highest BCUT2D eigenvalue weighted by atomic mass is 79.9. The van der Waals surface area contributed by atoms with Gasteiger partial charge in [-0.15, -0.1) is 0 Å². The Morgan fingerprint density at radius 3 is 2.04 bits per heavy atom. The highest BCUT2D eigenvalue weighted by Gasteiger charge is 2.13. The molecule has 0 unspecified atom stereocenters. The van der Waals surface area contributed by atoms with E-state index in [0.717, 1.165) is 30.0 Å². The third-order valence-electron chi connectivity index (χ3n) is 3.93. The number of rotatable bonds is 10. The smallest absolute Gasteiger partial charge is 0.184 e. The largest absolute Gasteiger partial charge is 1.00 e. The number of pyridine rings is 1. The van der Waals surface area contributed by atoms with E-state index in [1.165, 1.54) is 5.56 Å². The van der Waals surface area contributed by atoms with E-state index in [4.69, 9.17) is 18.9 Å². The van der Waals surface area contributed by atoms with Gasteiger partial charge in [0.15, 0.2) is 36.7 Å². The van der Waals surface area contributed by atoms with Crippen LogP contribution in [0.25, 0.3) is 0 Å². The topological polar surface area (TPSA) is 40.8 Å². The van der Waals surface area contributed by atoms with E-state index in [0.29, 0.717) is 13.2 Å². The Labute approximate surface area is 166 Å². The summed E-state index contributed by atoms with van der Waals surface area (Å²) in [5.41, 5.74) is 2.24. The monoisotopic (exact) mass is 425 g/mol. The molecule has 26 heavy (non-hydrogen) atoms. The molecule has 6 heteroatoms. The third-order valence-corrected chi connectivity index (χ3v) is 3.93. The lowest BCUT2D eigenvalue weighted by atomic mass is 10.1. The maximum Gasteiger partial charge on any atom is 0.184 e. The van der Waals surface area contributed by atoms with Gasteiger partial charge in [-0.2, -0.15) is 0 Å². The van der Waals surface area contributed by atoms with Crippen LogP contribution in [0.4, 0.5) is 0 Å². The molecule has 2 rings (SSSR count). The molecule has 0 aliphatic carbocycles. The van der Waals surface area contributed by atoms with Crippen molar-refractivity contribution in [3.05, 3.63) is 53.9 Å². The van der Waals surface area contributed by atoms with Crippen LogP contribution >= 0.6 is 0 Å². The first-order chi connectivity index (χ1) is 12.2. The SMILES string of the molecule is CCOC(OCC)c1cc[n+](CCc2ccc(OC)c(OC)c2)cc1.[Br-]. The fourth-order valence-electron chi connectivity index (χ4n) is 2.61. The number of nitrogens with zero attached hydrogens (tertiary/aromatic N) is 1. The Hall–Kier alpha value is -1.63. The summed E-state index contributed by atoms with van der Waals surface area (Å²) < 4.78 is 24.0. The highest BCUT2D eigenvalue weighted by Crippen LogP contribution is 2.27. The number of aryl methyl sites for hydroxylation is 2. The lowest BCUT2D eigenvalue weighted by Crippen LogP contribution is -3.00. The predicted octanol–water partition coefficient (Wildman–Crippen LogP) is 0.310. The minimum Gasteiger partial charge on any atom is -1.00 e. The zero-order valence-corrected chi connectivity index (χ0v) is 17.5. The Kier molecular flexibility index (Phi) is 10.2. The average Bonchev–Trinajstić information content (AvgIpc) is 2.66. The van der Waals surface area contributed by atoms with Crippen LogP contribution in [-0.4, -0.2) is 27.4 Å². The van der Waals surface area contributed by atoms with E-state index in [1.807, 2.05) is 38.1 Å². The quantitative estimate of drug-likeness (QED) is 0.405. The molecule has 0 saturated carbocycles. The van der Waals surface area contributed by atoms with E-state index in [1.54, 1.807) is 14.2 Å². The van der Waals surface area contributed by atoms with Crippen LogP contribution in [0, 0.1) is 0 Å². The van der Waals surface area contributed by atoms with Crippen molar-refractivity contribution in [1.82, 2.24) is 0 Å². The molecule has 0 atom stereocenters. The summed E-state index contributed by atoms with van der Waals surface area (Å²) in [6, 6.07) is 10.1. The maximum absolute atomic E-state index is 5.63. The number of aromatic nitrogens is 1. The molecular weight excluding hydrogens is 398 g/mol. The molecular formula is C20H28BrNO4. The van der Waals surface area contributed by atoms with Gasteiger partial charge in [-0.05, 0) is 31.5 Å². The van der Waals surface area contributed by atoms with Gasteiger partial charge in [-0.25, -0.2) is 4.57 Å². The fraction of sp³-hybridized carbons (Fsp3) is 0.450. The van der Waals surface area contributed by atoms with Crippen LogP contribution in [0.15, 0.2) is 42.7 Å². The van der Waals surface area contributed by atoms with Crippen LogP contribution in [0.5, 0.6) is 11.5 Å². The molecule has 2 aromatic rings. The van der Waals surface area contributed by atoms with Gasteiger partial charge in [0.05, 0.1) is 14.2 Å². The lowest BCUT2D eigenvalue weighted by Gasteiger charge is -2.16. The van der Waals surface area contributed by atoms with Crippen LogP contribution in [0.1, 0.15) is 31.3 Å². The molecule has 0 saturated heterocycles. The van der Waals surface area contributed by atoms with Gasteiger partial charge < -0.3 is 35.9 Å². The molecule has 1 aromatic carbocycles. The zero-order valence-electron chi connectivity index (χ0n) is 15.9. The third kappa shape index (κ3) is 6.27. The van der Waals surface area contributed by atoms with Crippen molar-refractivity contribution < 1.29 is 40.5 Å². The zero-order chi connectivity index (χ0) is 18.1. The van der Waals surface area contributed by atoms with Crippen LogP contribution < -0.4 is 31.0 Å². The summed E-state index contributed by atoms with van der Waals surface area (Å²) in [6.07, 6.45) is 4.72. The first kappa shape index (κ1) is 22.4. The molecule has 0 spiro atoms. The second kappa shape index (κ2) is 11.9. The normalized spacial score (nSPS) is 10.5. The molecule has 5 nitrogen and oxygen atoms in total. The number of halogens is 1. The van der Waals surface area contributed by atoms with Gasteiger partial charge in [0.2, 0.25) is 0 Å². The van der Waals surface area contributed by atoms with Crippen molar-refractivity contribution >= 4 is 0 Å². The summed E-state index contributed by atoms with van der Waals surface area (Å²) in [6.45, 7) is 6.07. The van der Waals surface area contributed by atoms with E-state index in [9.17, 15) is 0 Å². The number of benzene rings is 1. The predicted molar refractivity (Wildman–Crippen MR) is 95.9 cm³/mol. The lowest BCUT2D eigenvalue weighted by molar-refractivity contribution is -0.696. The van der Waals surface area contributed by atoms with E-state index < -0.39 is 0 Å². The van der Waals surface area contributed by atoms with Gasteiger partial charge in [-0.3, -0.25) is 0 Å². The Morgan fingerprint density at radius 2 is 1.50 bits per heavy atom. The second-order valence-electron chi connectivity index (χ2n) is 5.55. The summed E-state index contributed by atoms with van der Waals surface area (Å²) in [7, 11) is 3.30. The van der Waals surface area contributed by atoms with Gasteiger partial charge in [0.25, 0.3) is 0 Å². The molecule has 0 radical (unpaired) electrons. The summed E-state index contributed by atoms with van der Waals surface area (Å²) >= 11 is 0. The fourth-order valence-corrected chi connectivity index (χ4v) is 2.61. The van der Waals surface area contributed by atoms with E-state index >= 15 is 0 Å². The molecule has 1 aromatic heterocycles. The van der Waals surface area contributed by atoms with Gasteiger partial charge in [0, 0.05) is 37.3 Å².